The fraction of sp³-hybridized carbons (Fsp3) is 0.423. The van der Waals surface area contributed by atoms with Gasteiger partial charge in [0.15, 0.2) is 0 Å². The quantitative estimate of drug-likeness (QED) is 0.332. The van der Waals surface area contributed by atoms with E-state index in [0.29, 0.717) is 23.1 Å². The van der Waals surface area contributed by atoms with Crippen LogP contribution in [0.2, 0.25) is 0 Å². The third-order valence-electron chi connectivity index (χ3n) is 6.29. The van der Waals surface area contributed by atoms with E-state index in [1.807, 2.05) is 19.2 Å². The summed E-state index contributed by atoms with van der Waals surface area (Å²) in [7, 11) is 0. The van der Waals surface area contributed by atoms with Crippen molar-refractivity contribution in [3.63, 3.8) is 0 Å². The van der Waals surface area contributed by atoms with Gasteiger partial charge >= 0.3 is 0 Å². The number of nitrogens with zero attached hydrogens (tertiary/aromatic N) is 1. The van der Waals surface area contributed by atoms with E-state index in [1.54, 1.807) is 12.1 Å². The minimum atomic E-state index is -1.46. The highest BCUT2D eigenvalue weighted by Crippen LogP contribution is 2.34. The van der Waals surface area contributed by atoms with Crippen LogP contribution in [0.4, 0.5) is 13.2 Å². The van der Waals surface area contributed by atoms with Gasteiger partial charge in [-0.2, -0.15) is 0 Å². The first-order valence-electron chi connectivity index (χ1n) is 10.8. The van der Waals surface area contributed by atoms with E-state index in [9.17, 15) is 13.2 Å². The number of benzene rings is 1. The van der Waals surface area contributed by atoms with Gasteiger partial charge in [0.1, 0.15) is 17.8 Å². The SMILES string of the molecule is C=CC1CCC(C/C=N\C(=C/C)c2ccc(C3=CC(F)C(C)C(F)=C3)c(F)c2)CC1. The smallest absolute Gasteiger partial charge is 0.131 e. The number of alkyl halides is 1. The lowest BCUT2D eigenvalue weighted by atomic mass is 9.81. The first-order valence-corrected chi connectivity index (χ1v) is 10.8. The molecule has 2 unspecified atom stereocenters. The number of aliphatic imine (C=N–C) groups is 1. The summed E-state index contributed by atoms with van der Waals surface area (Å²) in [5, 5.41) is 0. The summed E-state index contributed by atoms with van der Waals surface area (Å²) in [6.07, 6.45) is 12.5. The van der Waals surface area contributed by atoms with Gasteiger partial charge in [-0.1, -0.05) is 31.2 Å². The Hall–Kier alpha value is -2.36. The summed E-state index contributed by atoms with van der Waals surface area (Å²) in [5.41, 5.74) is 1.78. The molecule has 0 amide bonds. The van der Waals surface area contributed by atoms with Crippen molar-refractivity contribution >= 4 is 17.5 Å². The zero-order chi connectivity index (χ0) is 21.7. The number of rotatable bonds is 6. The van der Waals surface area contributed by atoms with Gasteiger partial charge in [0, 0.05) is 23.3 Å². The molecule has 0 N–H and O–H groups in total. The summed E-state index contributed by atoms with van der Waals surface area (Å²) in [6, 6.07) is 4.70. The Balaban J connectivity index is 1.69. The Kier molecular flexibility index (Phi) is 7.52. The molecule has 30 heavy (non-hydrogen) atoms. The number of halogens is 3. The summed E-state index contributed by atoms with van der Waals surface area (Å²) in [6.45, 7) is 7.23. The Morgan fingerprint density at radius 2 is 1.93 bits per heavy atom. The molecular weight excluding hydrogens is 383 g/mol. The Morgan fingerprint density at radius 1 is 1.20 bits per heavy atom. The number of allylic oxidation sites excluding steroid dienone is 6. The van der Waals surface area contributed by atoms with Gasteiger partial charge in [-0.05, 0) is 74.7 Å². The van der Waals surface area contributed by atoms with Crippen LogP contribution in [0.15, 0.2) is 59.9 Å². The average molecular weight is 414 g/mol. The molecule has 0 radical (unpaired) electrons. The van der Waals surface area contributed by atoms with Gasteiger partial charge in [0.25, 0.3) is 0 Å². The van der Waals surface area contributed by atoms with Crippen LogP contribution in [0, 0.1) is 23.6 Å². The minimum absolute atomic E-state index is 0.196. The Morgan fingerprint density at radius 3 is 2.53 bits per heavy atom. The highest BCUT2D eigenvalue weighted by molar-refractivity contribution is 5.79. The predicted molar refractivity (Wildman–Crippen MR) is 120 cm³/mol. The minimum Gasteiger partial charge on any atom is -0.261 e. The molecule has 1 aromatic rings. The van der Waals surface area contributed by atoms with E-state index in [2.05, 4.69) is 17.6 Å². The third-order valence-corrected chi connectivity index (χ3v) is 6.29. The molecule has 0 bridgehead atoms. The fourth-order valence-electron chi connectivity index (χ4n) is 4.15. The first kappa shape index (κ1) is 22.3. The zero-order valence-corrected chi connectivity index (χ0v) is 17.8. The predicted octanol–water partition coefficient (Wildman–Crippen LogP) is 7.86. The van der Waals surface area contributed by atoms with Gasteiger partial charge in [-0.15, -0.1) is 6.58 Å². The van der Waals surface area contributed by atoms with Crippen molar-refractivity contribution < 1.29 is 13.2 Å². The van der Waals surface area contributed by atoms with Crippen molar-refractivity contribution in [1.29, 1.82) is 0 Å². The van der Waals surface area contributed by atoms with Crippen LogP contribution in [0.3, 0.4) is 0 Å². The van der Waals surface area contributed by atoms with Crippen LogP contribution in [-0.4, -0.2) is 12.4 Å². The molecule has 0 saturated heterocycles. The van der Waals surface area contributed by atoms with Crippen molar-refractivity contribution in [3.8, 4) is 0 Å². The molecule has 0 heterocycles. The summed E-state index contributed by atoms with van der Waals surface area (Å²) in [5.74, 6) is -0.625. The molecule has 1 saturated carbocycles. The van der Waals surface area contributed by atoms with E-state index in [-0.39, 0.29) is 11.1 Å². The molecule has 1 aromatic carbocycles. The van der Waals surface area contributed by atoms with Crippen LogP contribution in [0.1, 0.15) is 57.1 Å². The monoisotopic (exact) mass is 413 g/mol. The lowest BCUT2D eigenvalue weighted by molar-refractivity contribution is 0.292. The van der Waals surface area contributed by atoms with Crippen molar-refractivity contribution in [2.45, 2.75) is 52.1 Å². The maximum atomic E-state index is 14.8. The standard InChI is InChI=1S/C26H30F3N/c1-4-18-6-8-19(9-7-18)12-13-30-26(5-2)20-10-11-22(25(29)14-20)21-15-23(27)17(3)24(28)16-21/h4-5,10-11,13-19,23H,1,6-9,12H2,2-3H3/b26-5-,30-13-. The molecule has 0 spiro atoms. The van der Waals surface area contributed by atoms with Crippen LogP contribution in [0.5, 0.6) is 0 Å². The second-order valence-corrected chi connectivity index (χ2v) is 8.32. The highest BCUT2D eigenvalue weighted by Gasteiger charge is 2.25. The van der Waals surface area contributed by atoms with Gasteiger partial charge in [0.2, 0.25) is 0 Å². The second kappa shape index (κ2) is 10.1. The maximum absolute atomic E-state index is 14.8. The molecule has 4 heteroatoms. The Labute approximate surface area is 177 Å². The largest absolute Gasteiger partial charge is 0.261 e. The lowest BCUT2D eigenvalue weighted by Crippen LogP contribution is -2.15. The van der Waals surface area contributed by atoms with Crippen molar-refractivity contribution in [2.24, 2.45) is 22.7 Å². The highest BCUT2D eigenvalue weighted by atomic mass is 19.1. The molecule has 160 valence electrons. The lowest BCUT2D eigenvalue weighted by Gasteiger charge is -2.25. The van der Waals surface area contributed by atoms with E-state index >= 15 is 0 Å². The van der Waals surface area contributed by atoms with E-state index in [0.717, 1.165) is 6.42 Å². The van der Waals surface area contributed by atoms with Crippen molar-refractivity contribution in [2.75, 3.05) is 0 Å². The fourth-order valence-corrected chi connectivity index (χ4v) is 4.15. The van der Waals surface area contributed by atoms with Crippen LogP contribution >= 0.6 is 0 Å². The maximum Gasteiger partial charge on any atom is 0.131 e. The van der Waals surface area contributed by atoms with Gasteiger partial charge < -0.3 is 0 Å². The molecule has 2 atom stereocenters. The summed E-state index contributed by atoms with van der Waals surface area (Å²) < 4.78 is 42.7. The molecule has 1 fully saturated rings. The van der Waals surface area contributed by atoms with E-state index < -0.39 is 23.7 Å². The molecule has 0 aromatic heterocycles. The normalized spacial score (nSPS) is 27.7. The second-order valence-electron chi connectivity index (χ2n) is 8.32. The molecule has 3 rings (SSSR count). The van der Waals surface area contributed by atoms with Crippen molar-refractivity contribution in [1.82, 2.24) is 0 Å². The van der Waals surface area contributed by atoms with Gasteiger partial charge in [-0.3, -0.25) is 4.99 Å². The van der Waals surface area contributed by atoms with Crippen molar-refractivity contribution in [3.05, 3.63) is 71.9 Å². The topological polar surface area (TPSA) is 12.4 Å². The van der Waals surface area contributed by atoms with E-state index in [4.69, 9.17) is 0 Å². The summed E-state index contributed by atoms with van der Waals surface area (Å²) >= 11 is 0. The average Bonchev–Trinajstić information content (AvgIpc) is 2.75. The van der Waals surface area contributed by atoms with E-state index in [1.165, 1.54) is 50.8 Å². The third kappa shape index (κ3) is 5.21. The molecule has 1 nitrogen and oxygen atoms in total. The van der Waals surface area contributed by atoms with Crippen LogP contribution in [-0.2, 0) is 0 Å². The van der Waals surface area contributed by atoms with Crippen LogP contribution < -0.4 is 0 Å². The molecule has 2 aliphatic carbocycles. The molecular formula is C26H30F3N. The van der Waals surface area contributed by atoms with Crippen LogP contribution in [0.25, 0.3) is 11.3 Å². The first-order chi connectivity index (χ1) is 14.4. The zero-order valence-electron chi connectivity index (χ0n) is 17.8. The van der Waals surface area contributed by atoms with Gasteiger partial charge in [0.05, 0.1) is 5.70 Å². The molecule has 0 aliphatic heterocycles. The Bertz CT molecular complexity index is 886. The molecule has 2 aliphatic rings. The summed E-state index contributed by atoms with van der Waals surface area (Å²) in [4.78, 5) is 4.57. The number of hydrogen-bond acceptors (Lipinski definition) is 1. The number of hydrogen-bond donors (Lipinski definition) is 0. The van der Waals surface area contributed by atoms with Gasteiger partial charge in [-0.25, -0.2) is 13.2 Å².